The summed E-state index contributed by atoms with van der Waals surface area (Å²) in [6, 6.07) is 5.02. The molecular weight excluding hydrogens is 297 g/mol. The van der Waals surface area contributed by atoms with Crippen LogP contribution in [0.15, 0.2) is 18.2 Å². The Morgan fingerprint density at radius 2 is 2.00 bits per heavy atom. The smallest absolute Gasteiger partial charge is 0.323 e. The Bertz CT molecular complexity index is 465. The van der Waals surface area contributed by atoms with Crippen molar-refractivity contribution in [3.63, 3.8) is 0 Å². The molecule has 20 heavy (non-hydrogen) atoms. The van der Waals surface area contributed by atoms with E-state index in [4.69, 9.17) is 27.9 Å². The van der Waals surface area contributed by atoms with E-state index in [1.165, 1.54) is 7.11 Å². The van der Waals surface area contributed by atoms with Crippen molar-refractivity contribution in [3.05, 3.63) is 33.8 Å². The minimum atomic E-state index is -0.366. The number of methoxy groups -OCH3 is 1. The van der Waals surface area contributed by atoms with Gasteiger partial charge in [-0.1, -0.05) is 55.6 Å². The van der Waals surface area contributed by atoms with Crippen LogP contribution in [0.5, 0.6) is 0 Å². The van der Waals surface area contributed by atoms with Crippen molar-refractivity contribution >= 4 is 29.2 Å². The number of benzene rings is 1. The largest absolute Gasteiger partial charge is 0.468 e. The number of rotatable bonds is 6. The van der Waals surface area contributed by atoms with Gasteiger partial charge in [-0.3, -0.25) is 10.1 Å². The van der Waals surface area contributed by atoms with Crippen LogP contribution in [0.4, 0.5) is 0 Å². The van der Waals surface area contributed by atoms with Crippen LogP contribution in [-0.2, 0) is 9.53 Å². The van der Waals surface area contributed by atoms with E-state index < -0.39 is 0 Å². The number of hydrogen-bond acceptors (Lipinski definition) is 3. The standard InChI is InChI=1S/C15H21Cl2NO2/c1-5-9(2)14(15(19)20-4)18-10(3)11-7-6-8-12(16)13(11)17/h6-10,14,18H,5H2,1-4H3. The predicted octanol–water partition coefficient (Wildman–Crippen LogP) is 4.23. The number of carbonyl (C=O) groups is 1. The van der Waals surface area contributed by atoms with Crippen molar-refractivity contribution in [2.24, 2.45) is 5.92 Å². The van der Waals surface area contributed by atoms with Crippen LogP contribution in [0, 0.1) is 5.92 Å². The van der Waals surface area contributed by atoms with Crippen molar-refractivity contribution in [3.8, 4) is 0 Å². The first-order valence-corrected chi connectivity index (χ1v) is 7.45. The number of nitrogens with one attached hydrogen (secondary N) is 1. The molecule has 1 N–H and O–H groups in total. The lowest BCUT2D eigenvalue weighted by Gasteiger charge is -2.26. The first kappa shape index (κ1) is 17.3. The topological polar surface area (TPSA) is 38.3 Å². The molecular formula is C15H21Cl2NO2. The van der Waals surface area contributed by atoms with Gasteiger partial charge in [0.2, 0.25) is 0 Å². The molecule has 0 saturated heterocycles. The summed E-state index contributed by atoms with van der Waals surface area (Å²) in [6.07, 6.45) is 0.878. The molecule has 0 aliphatic heterocycles. The minimum absolute atomic E-state index is 0.0979. The van der Waals surface area contributed by atoms with Crippen LogP contribution >= 0.6 is 23.2 Å². The van der Waals surface area contributed by atoms with Crippen LogP contribution in [0.3, 0.4) is 0 Å². The SMILES string of the molecule is CCC(C)C(NC(C)c1cccc(Cl)c1Cl)C(=O)OC. The predicted molar refractivity (Wildman–Crippen MR) is 83.3 cm³/mol. The van der Waals surface area contributed by atoms with Crippen LogP contribution in [0.2, 0.25) is 10.0 Å². The maximum Gasteiger partial charge on any atom is 0.323 e. The van der Waals surface area contributed by atoms with E-state index in [1.54, 1.807) is 6.07 Å². The summed E-state index contributed by atoms with van der Waals surface area (Å²) in [5, 5.41) is 4.31. The number of halogens is 2. The van der Waals surface area contributed by atoms with E-state index in [-0.39, 0.29) is 24.0 Å². The highest BCUT2D eigenvalue weighted by molar-refractivity contribution is 6.42. The molecule has 3 atom stereocenters. The summed E-state index contributed by atoms with van der Waals surface area (Å²) in [5.74, 6) is -0.0905. The van der Waals surface area contributed by atoms with Gasteiger partial charge < -0.3 is 4.74 Å². The fourth-order valence-electron chi connectivity index (χ4n) is 2.04. The third-order valence-corrected chi connectivity index (χ3v) is 4.38. The van der Waals surface area contributed by atoms with E-state index in [9.17, 15) is 4.79 Å². The molecule has 5 heteroatoms. The van der Waals surface area contributed by atoms with Crippen LogP contribution in [-0.4, -0.2) is 19.1 Å². The molecule has 1 aromatic carbocycles. The van der Waals surface area contributed by atoms with Gasteiger partial charge in [0.25, 0.3) is 0 Å². The van der Waals surface area contributed by atoms with Crippen LogP contribution in [0.1, 0.15) is 38.8 Å². The van der Waals surface area contributed by atoms with E-state index >= 15 is 0 Å². The first-order valence-electron chi connectivity index (χ1n) is 6.70. The summed E-state index contributed by atoms with van der Waals surface area (Å²) >= 11 is 12.2. The third-order valence-electron chi connectivity index (χ3n) is 3.55. The Labute approximate surface area is 130 Å². The van der Waals surface area contributed by atoms with Crippen molar-refractivity contribution in [1.82, 2.24) is 5.32 Å². The fourth-order valence-corrected chi connectivity index (χ4v) is 2.51. The molecule has 0 spiro atoms. The van der Waals surface area contributed by atoms with E-state index in [0.717, 1.165) is 12.0 Å². The van der Waals surface area contributed by atoms with Gasteiger partial charge in [0.05, 0.1) is 17.2 Å². The Morgan fingerprint density at radius 1 is 1.35 bits per heavy atom. The normalized spacial score (nSPS) is 15.5. The zero-order chi connectivity index (χ0) is 15.3. The lowest BCUT2D eigenvalue weighted by molar-refractivity contribution is -0.144. The summed E-state index contributed by atoms with van der Waals surface area (Å²) in [5.41, 5.74) is 0.872. The molecule has 0 aromatic heterocycles. The summed E-state index contributed by atoms with van der Waals surface area (Å²) in [4.78, 5) is 11.9. The zero-order valence-corrected chi connectivity index (χ0v) is 13.8. The zero-order valence-electron chi connectivity index (χ0n) is 12.2. The Hall–Kier alpha value is -0.770. The van der Waals surface area contributed by atoms with Gasteiger partial charge in [0, 0.05) is 6.04 Å². The Morgan fingerprint density at radius 3 is 2.55 bits per heavy atom. The summed E-state index contributed by atoms with van der Waals surface area (Å²) < 4.78 is 4.87. The highest BCUT2D eigenvalue weighted by atomic mass is 35.5. The quantitative estimate of drug-likeness (QED) is 0.798. The number of hydrogen-bond donors (Lipinski definition) is 1. The summed E-state index contributed by atoms with van der Waals surface area (Å²) in [7, 11) is 1.40. The van der Waals surface area contributed by atoms with Crippen molar-refractivity contribution in [2.75, 3.05) is 7.11 Å². The molecule has 112 valence electrons. The fraction of sp³-hybridized carbons (Fsp3) is 0.533. The minimum Gasteiger partial charge on any atom is -0.468 e. The lowest BCUT2D eigenvalue weighted by Crippen LogP contribution is -2.43. The third kappa shape index (κ3) is 4.11. The van der Waals surface area contributed by atoms with E-state index in [2.05, 4.69) is 5.32 Å². The molecule has 0 radical (unpaired) electrons. The molecule has 0 aliphatic rings. The second kappa shape index (κ2) is 7.87. The Kier molecular flexibility index (Phi) is 6.80. The molecule has 3 nitrogen and oxygen atoms in total. The lowest BCUT2D eigenvalue weighted by atomic mass is 9.97. The highest BCUT2D eigenvalue weighted by Crippen LogP contribution is 2.30. The molecule has 0 amide bonds. The molecule has 0 heterocycles. The van der Waals surface area contributed by atoms with Gasteiger partial charge >= 0.3 is 5.97 Å². The molecule has 0 saturated carbocycles. The van der Waals surface area contributed by atoms with Gasteiger partial charge in [0.1, 0.15) is 6.04 Å². The van der Waals surface area contributed by atoms with Gasteiger partial charge in [-0.05, 0) is 24.5 Å². The number of esters is 1. The van der Waals surface area contributed by atoms with Crippen molar-refractivity contribution in [2.45, 2.75) is 39.3 Å². The molecule has 0 bridgehead atoms. The first-order chi connectivity index (χ1) is 9.42. The summed E-state index contributed by atoms with van der Waals surface area (Å²) in [6.45, 7) is 6.01. The number of ether oxygens (including phenoxy) is 1. The average Bonchev–Trinajstić information content (AvgIpc) is 2.45. The molecule has 1 rings (SSSR count). The number of carbonyl (C=O) groups excluding carboxylic acids is 1. The van der Waals surface area contributed by atoms with E-state index in [1.807, 2.05) is 32.9 Å². The molecule has 0 aliphatic carbocycles. The van der Waals surface area contributed by atoms with Gasteiger partial charge in [-0.25, -0.2) is 0 Å². The van der Waals surface area contributed by atoms with Crippen LogP contribution < -0.4 is 5.32 Å². The average molecular weight is 318 g/mol. The maximum atomic E-state index is 11.9. The Balaban J connectivity index is 2.93. The van der Waals surface area contributed by atoms with E-state index in [0.29, 0.717) is 10.0 Å². The van der Waals surface area contributed by atoms with Crippen molar-refractivity contribution < 1.29 is 9.53 Å². The van der Waals surface area contributed by atoms with Crippen LogP contribution in [0.25, 0.3) is 0 Å². The second-order valence-corrected chi connectivity index (χ2v) is 5.70. The van der Waals surface area contributed by atoms with Crippen molar-refractivity contribution in [1.29, 1.82) is 0 Å². The molecule has 1 aromatic rings. The second-order valence-electron chi connectivity index (χ2n) is 4.92. The maximum absolute atomic E-state index is 11.9. The highest BCUT2D eigenvalue weighted by Gasteiger charge is 2.27. The van der Waals surface area contributed by atoms with Gasteiger partial charge in [-0.15, -0.1) is 0 Å². The van der Waals surface area contributed by atoms with Gasteiger partial charge in [-0.2, -0.15) is 0 Å². The molecule has 0 fully saturated rings. The molecule has 3 unspecified atom stereocenters. The van der Waals surface area contributed by atoms with Gasteiger partial charge in [0.15, 0.2) is 0 Å². The monoisotopic (exact) mass is 317 g/mol.